The molecule has 0 radical (unpaired) electrons. The van der Waals surface area contributed by atoms with Gasteiger partial charge in [-0.3, -0.25) is 9.69 Å². The lowest BCUT2D eigenvalue weighted by Gasteiger charge is -2.15. The lowest BCUT2D eigenvalue weighted by molar-refractivity contribution is -0.119. The van der Waals surface area contributed by atoms with E-state index in [9.17, 15) is 4.79 Å². The van der Waals surface area contributed by atoms with E-state index in [0.717, 1.165) is 26.1 Å². The van der Waals surface area contributed by atoms with Gasteiger partial charge in [-0.25, -0.2) is 0 Å². The maximum Gasteiger partial charge on any atom is 0.217 e. The molecule has 0 spiro atoms. The fourth-order valence-electron chi connectivity index (χ4n) is 2.72. The average molecular weight is 274 g/mol. The zero-order valence-corrected chi connectivity index (χ0v) is 11.9. The summed E-state index contributed by atoms with van der Waals surface area (Å²) < 4.78 is 1.36. The van der Waals surface area contributed by atoms with E-state index < -0.39 is 0 Å². The maximum atomic E-state index is 11.1. The molecule has 4 heteroatoms. The van der Waals surface area contributed by atoms with Crippen molar-refractivity contribution >= 4 is 27.3 Å². The first kappa shape index (κ1) is 12.6. The highest BCUT2D eigenvalue weighted by Crippen LogP contribution is 2.27. The van der Waals surface area contributed by atoms with Gasteiger partial charge in [-0.2, -0.15) is 0 Å². The molecule has 2 heterocycles. The van der Waals surface area contributed by atoms with E-state index in [1.807, 2.05) is 11.3 Å². The molecule has 0 unspecified atom stereocenters. The van der Waals surface area contributed by atoms with E-state index in [0.29, 0.717) is 6.04 Å². The summed E-state index contributed by atoms with van der Waals surface area (Å²) in [6, 6.07) is 11.1. The highest BCUT2D eigenvalue weighted by molar-refractivity contribution is 7.19. The molecule has 3 rings (SSSR count). The van der Waals surface area contributed by atoms with Crippen molar-refractivity contribution in [1.82, 2.24) is 10.2 Å². The SMILES string of the molecule is CC(=O)N[C@H]1CCN(Cc2cc3ccccc3s2)C1. The summed E-state index contributed by atoms with van der Waals surface area (Å²) in [6.45, 7) is 4.62. The van der Waals surface area contributed by atoms with Gasteiger partial charge in [0.05, 0.1) is 0 Å². The van der Waals surface area contributed by atoms with Gasteiger partial charge in [0, 0.05) is 42.2 Å². The Labute approximate surface area is 117 Å². The number of carbonyl (C=O) groups excluding carboxylic acids is 1. The molecular weight excluding hydrogens is 256 g/mol. The topological polar surface area (TPSA) is 32.3 Å². The lowest BCUT2D eigenvalue weighted by Crippen LogP contribution is -2.35. The van der Waals surface area contributed by atoms with E-state index in [-0.39, 0.29) is 5.91 Å². The Bertz CT molecular complexity index is 560. The normalized spacial score (nSPS) is 19.9. The smallest absolute Gasteiger partial charge is 0.217 e. The van der Waals surface area contributed by atoms with Gasteiger partial charge in [0.2, 0.25) is 5.91 Å². The first-order chi connectivity index (χ1) is 9.20. The highest BCUT2D eigenvalue weighted by atomic mass is 32.1. The Morgan fingerprint density at radius 3 is 3.11 bits per heavy atom. The minimum atomic E-state index is 0.0775. The molecule has 1 amide bonds. The van der Waals surface area contributed by atoms with Gasteiger partial charge in [0.1, 0.15) is 0 Å². The summed E-state index contributed by atoms with van der Waals surface area (Å²) in [5.41, 5.74) is 0. The summed E-state index contributed by atoms with van der Waals surface area (Å²) in [6.07, 6.45) is 1.06. The molecule has 1 saturated heterocycles. The van der Waals surface area contributed by atoms with Crippen LogP contribution in [0.5, 0.6) is 0 Å². The van der Waals surface area contributed by atoms with Crippen LogP contribution in [0.2, 0.25) is 0 Å². The first-order valence-corrected chi connectivity index (χ1v) is 7.49. The van der Waals surface area contributed by atoms with Crippen molar-refractivity contribution in [3.05, 3.63) is 35.2 Å². The van der Waals surface area contributed by atoms with Crippen molar-refractivity contribution in [2.24, 2.45) is 0 Å². The molecular formula is C15H18N2OS. The Balaban J connectivity index is 1.64. The molecule has 1 N–H and O–H groups in total. The van der Waals surface area contributed by atoms with Crippen LogP contribution in [-0.2, 0) is 11.3 Å². The van der Waals surface area contributed by atoms with Gasteiger partial charge in [-0.05, 0) is 23.9 Å². The molecule has 0 saturated carbocycles. The van der Waals surface area contributed by atoms with Crippen LogP contribution in [0.3, 0.4) is 0 Å². The molecule has 0 aliphatic carbocycles. The minimum Gasteiger partial charge on any atom is -0.352 e. The fourth-order valence-corrected chi connectivity index (χ4v) is 3.82. The number of hydrogen-bond donors (Lipinski definition) is 1. The molecule has 19 heavy (non-hydrogen) atoms. The van der Waals surface area contributed by atoms with Crippen LogP contribution in [0.25, 0.3) is 10.1 Å². The monoisotopic (exact) mass is 274 g/mol. The summed E-state index contributed by atoms with van der Waals surface area (Å²) in [7, 11) is 0. The third kappa shape index (κ3) is 2.96. The summed E-state index contributed by atoms with van der Waals surface area (Å²) in [4.78, 5) is 14.9. The summed E-state index contributed by atoms with van der Waals surface area (Å²) in [5.74, 6) is 0.0775. The molecule has 1 aliphatic rings. The van der Waals surface area contributed by atoms with Crippen LogP contribution in [-0.4, -0.2) is 29.9 Å². The standard InChI is InChI=1S/C15H18N2OS/c1-11(18)16-13-6-7-17(9-13)10-14-8-12-4-2-3-5-15(12)19-14/h2-5,8,13H,6-7,9-10H2,1H3,(H,16,18)/t13-/m0/s1. The van der Waals surface area contributed by atoms with Crippen molar-refractivity contribution in [2.75, 3.05) is 13.1 Å². The van der Waals surface area contributed by atoms with Crippen LogP contribution in [0, 0.1) is 0 Å². The number of fused-ring (bicyclic) bond motifs is 1. The average Bonchev–Trinajstić information content (AvgIpc) is 2.94. The zero-order valence-electron chi connectivity index (χ0n) is 11.1. The summed E-state index contributed by atoms with van der Waals surface area (Å²) in [5, 5.41) is 4.34. The molecule has 1 atom stereocenters. The number of amides is 1. The second-order valence-corrected chi connectivity index (χ2v) is 6.34. The van der Waals surface area contributed by atoms with Crippen LogP contribution >= 0.6 is 11.3 Å². The Morgan fingerprint density at radius 2 is 2.32 bits per heavy atom. The van der Waals surface area contributed by atoms with Crippen molar-refractivity contribution < 1.29 is 4.79 Å². The van der Waals surface area contributed by atoms with Crippen LogP contribution in [0.1, 0.15) is 18.2 Å². The van der Waals surface area contributed by atoms with Gasteiger partial charge in [0.25, 0.3) is 0 Å². The van der Waals surface area contributed by atoms with E-state index in [1.54, 1.807) is 6.92 Å². The number of hydrogen-bond acceptors (Lipinski definition) is 3. The Morgan fingerprint density at radius 1 is 1.47 bits per heavy atom. The molecule has 1 aromatic heterocycles. The molecule has 3 nitrogen and oxygen atoms in total. The van der Waals surface area contributed by atoms with Crippen LogP contribution in [0.4, 0.5) is 0 Å². The van der Waals surface area contributed by atoms with Gasteiger partial charge >= 0.3 is 0 Å². The van der Waals surface area contributed by atoms with Gasteiger partial charge in [-0.15, -0.1) is 11.3 Å². The molecule has 0 bridgehead atoms. The molecule has 1 fully saturated rings. The number of benzene rings is 1. The van der Waals surface area contributed by atoms with Gasteiger partial charge in [-0.1, -0.05) is 18.2 Å². The van der Waals surface area contributed by atoms with E-state index in [1.165, 1.54) is 15.0 Å². The first-order valence-electron chi connectivity index (χ1n) is 6.67. The number of rotatable bonds is 3. The zero-order chi connectivity index (χ0) is 13.2. The largest absolute Gasteiger partial charge is 0.352 e. The van der Waals surface area contributed by atoms with Gasteiger partial charge in [0.15, 0.2) is 0 Å². The molecule has 2 aromatic rings. The highest BCUT2D eigenvalue weighted by Gasteiger charge is 2.23. The maximum absolute atomic E-state index is 11.1. The predicted octanol–water partition coefficient (Wildman–Crippen LogP) is 2.61. The number of likely N-dealkylation sites (tertiary alicyclic amines) is 1. The Kier molecular flexibility index (Phi) is 3.53. The van der Waals surface area contributed by atoms with Crippen molar-refractivity contribution in [1.29, 1.82) is 0 Å². The molecule has 1 aliphatic heterocycles. The minimum absolute atomic E-state index is 0.0775. The molecule has 100 valence electrons. The third-order valence-corrected chi connectivity index (χ3v) is 4.64. The van der Waals surface area contributed by atoms with Crippen LogP contribution < -0.4 is 5.32 Å². The number of carbonyl (C=O) groups is 1. The fraction of sp³-hybridized carbons (Fsp3) is 0.400. The second-order valence-electron chi connectivity index (χ2n) is 5.17. The quantitative estimate of drug-likeness (QED) is 0.933. The molecule has 1 aromatic carbocycles. The number of nitrogens with one attached hydrogen (secondary N) is 1. The number of nitrogens with zero attached hydrogens (tertiary/aromatic N) is 1. The van der Waals surface area contributed by atoms with Crippen molar-refractivity contribution in [3.8, 4) is 0 Å². The van der Waals surface area contributed by atoms with Crippen molar-refractivity contribution in [2.45, 2.75) is 25.9 Å². The van der Waals surface area contributed by atoms with E-state index in [2.05, 4.69) is 40.5 Å². The van der Waals surface area contributed by atoms with E-state index in [4.69, 9.17) is 0 Å². The number of thiophene rings is 1. The third-order valence-electron chi connectivity index (χ3n) is 3.54. The van der Waals surface area contributed by atoms with E-state index >= 15 is 0 Å². The summed E-state index contributed by atoms with van der Waals surface area (Å²) >= 11 is 1.87. The Hall–Kier alpha value is -1.39. The van der Waals surface area contributed by atoms with Gasteiger partial charge < -0.3 is 5.32 Å². The van der Waals surface area contributed by atoms with Crippen molar-refractivity contribution in [3.63, 3.8) is 0 Å². The predicted molar refractivity (Wildman–Crippen MR) is 79.3 cm³/mol. The second kappa shape index (κ2) is 5.31. The van der Waals surface area contributed by atoms with Crippen LogP contribution in [0.15, 0.2) is 30.3 Å². The lowest BCUT2D eigenvalue weighted by atomic mass is 10.2.